The van der Waals surface area contributed by atoms with Crippen molar-refractivity contribution in [3.05, 3.63) is 66.4 Å². The first-order chi connectivity index (χ1) is 20.8. The van der Waals surface area contributed by atoms with Gasteiger partial charge in [-0.15, -0.1) is 0 Å². The summed E-state index contributed by atoms with van der Waals surface area (Å²) in [5, 5.41) is 14.0. The molecule has 1 saturated heterocycles. The number of hydrogen-bond acceptors (Lipinski definition) is 5. The molecule has 226 valence electrons. The van der Waals surface area contributed by atoms with Gasteiger partial charge < -0.3 is 29.8 Å². The lowest BCUT2D eigenvalue weighted by Gasteiger charge is -2.53. The third kappa shape index (κ3) is 5.34. The Hall–Kier alpha value is -4.01. The maximum atomic E-state index is 14.4. The number of nitrogens with zero attached hydrogens (tertiary/aromatic N) is 1. The Bertz CT molecular complexity index is 1490. The van der Waals surface area contributed by atoms with E-state index < -0.39 is 35.7 Å². The number of hydrogen-bond donors (Lipinski definition) is 3. The maximum Gasteiger partial charge on any atom is 0.408 e. The number of carboxylic acids is 1. The molecule has 9 heteroatoms. The van der Waals surface area contributed by atoms with Crippen LogP contribution >= 0.6 is 0 Å². The number of likely N-dealkylation sites (tertiary alicyclic amines) is 1. The number of benzene rings is 2. The highest BCUT2D eigenvalue weighted by molar-refractivity contribution is 5.94. The Labute approximate surface area is 250 Å². The number of nitrogens with one attached hydrogen (secondary N) is 2. The number of amides is 2. The highest BCUT2D eigenvalue weighted by Gasteiger charge is 2.51. The van der Waals surface area contributed by atoms with E-state index in [0.717, 1.165) is 54.0 Å². The predicted octanol–water partition coefficient (Wildman–Crippen LogP) is 5.15. The Morgan fingerprint density at radius 3 is 2.33 bits per heavy atom. The van der Waals surface area contributed by atoms with E-state index in [0.29, 0.717) is 17.6 Å². The molecule has 2 amide bonds. The van der Waals surface area contributed by atoms with Crippen LogP contribution in [0.5, 0.6) is 5.75 Å². The highest BCUT2D eigenvalue weighted by Crippen LogP contribution is 2.54. The molecule has 3 N–H and O–H groups in total. The number of carbonyl (C=O) groups is 3. The van der Waals surface area contributed by atoms with Crippen LogP contribution in [0, 0.1) is 23.7 Å². The second-order valence-electron chi connectivity index (χ2n) is 13.4. The molecule has 4 saturated carbocycles. The standard InChI is InChI=1S/C34H39N3O6/c1-34(17-24-18-35-28-10-6-5-9-27(24)28,36-33(41)43-30-22-12-20-11-21(14-22)15-23(30)13-20)32(40)37-19-26(16-29(37)31(38)39)42-25-7-3-2-4-8-25/h2-10,18,20-23,26,29-30,35H,11-17,19H2,1H3,(H,36,41)(H,38,39)/t20?,21?,22?,23?,26-,29-,30?,34-/m0/s1. The number of aliphatic carboxylic acids is 1. The molecule has 0 unspecified atom stereocenters. The average molecular weight is 586 g/mol. The number of carboxylic acid groups (broad SMARTS) is 1. The fraction of sp³-hybridized carbons (Fsp3) is 0.500. The van der Waals surface area contributed by atoms with Crippen LogP contribution < -0.4 is 10.1 Å². The second kappa shape index (κ2) is 10.9. The van der Waals surface area contributed by atoms with Crippen LogP contribution in [0.15, 0.2) is 60.8 Å². The summed E-state index contributed by atoms with van der Waals surface area (Å²) in [7, 11) is 0. The fourth-order valence-corrected chi connectivity index (χ4v) is 8.63. The summed E-state index contributed by atoms with van der Waals surface area (Å²) in [5.74, 6) is 1.29. The smallest absolute Gasteiger partial charge is 0.408 e. The third-order valence-corrected chi connectivity index (χ3v) is 10.3. The van der Waals surface area contributed by atoms with Gasteiger partial charge in [0, 0.05) is 29.9 Å². The topological polar surface area (TPSA) is 121 Å². The van der Waals surface area contributed by atoms with Gasteiger partial charge in [-0.1, -0.05) is 36.4 Å². The molecule has 1 aromatic heterocycles. The Balaban J connectivity index is 1.14. The van der Waals surface area contributed by atoms with Crippen molar-refractivity contribution in [2.24, 2.45) is 23.7 Å². The van der Waals surface area contributed by atoms with E-state index in [1.165, 1.54) is 11.3 Å². The van der Waals surface area contributed by atoms with Crippen molar-refractivity contribution in [2.75, 3.05) is 6.54 Å². The van der Waals surface area contributed by atoms with Crippen molar-refractivity contribution < 1.29 is 29.0 Å². The number of aromatic nitrogens is 1. The van der Waals surface area contributed by atoms with Gasteiger partial charge in [0.2, 0.25) is 5.91 Å². The van der Waals surface area contributed by atoms with Crippen molar-refractivity contribution in [3.8, 4) is 5.75 Å². The Morgan fingerprint density at radius 2 is 1.63 bits per heavy atom. The van der Waals surface area contributed by atoms with Gasteiger partial charge in [0.25, 0.3) is 0 Å². The number of para-hydroxylation sites is 2. The molecule has 3 atom stereocenters. The zero-order valence-corrected chi connectivity index (χ0v) is 24.4. The quantitative estimate of drug-likeness (QED) is 0.336. The summed E-state index contributed by atoms with van der Waals surface area (Å²) in [6, 6.07) is 15.9. The molecule has 9 nitrogen and oxygen atoms in total. The number of rotatable bonds is 8. The van der Waals surface area contributed by atoms with Gasteiger partial charge in [0.15, 0.2) is 0 Å². The van der Waals surface area contributed by atoms with Crippen molar-refractivity contribution >= 4 is 28.9 Å². The van der Waals surface area contributed by atoms with E-state index >= 15 is 0 Å². The normalized spacial score (nSPS) is 30.6. The van der Waals surface area contributed by atoms with Crippen LogP contribution in [0.2, 0.25) is 0 Å². The van der Waals surface area contributed by atoms with E-state index in [9.17, 15) is 19.5 Å². The first kappa shape index (κ1) is 27.8. The van der Waals surface area contributed by atoms with E-state index in [4.69, 9.17) is 9.47 Å². The molecule has 43 heavy (non-hydrogen) atoms. The maximum absolute atomic E-state index is 14.4. The minimum absolute atomic E-state index is 0.0977. The highest BCUT2D eigenvalue weighted by atomic mass is 16.6. The molecular weight excluding hydrogens is 546 g/mol. The summed E-state index contributed by atoms with van der Waals surface area (Å²) < 4.78 is 12.2. The molecule has 2 aromatic carbocycles. The van der Waals surface area contributed by atoms with Crippen LogP contribution in [-0.2, 0) is 20.7 Å². The molecule has 3 aromatic rings. The van der Waals surface area contributed by atoms with Crippen LogP contribution in [0.25, 0.3) is 10.9 Å². The number of alkyl carbamates (subject to hydrolysis) is 1. The molecule has 0 spiro atoms. The monoisotopic (exact) mass is 585 g/mol. The van der Waals surface area contributed by atoms with Crippen LogP contribution in [-0.4, -0.2) is 63.3 Å². The number of ether oxygens (including phenoxy) is 2. The van der Waals surface area contributed by atoms with E-state index in [1.807, 2.05) is 60.8 Å². The number of aromatic amines is 1. The van der Waals surface area contributed by atoms with E-state index in [1.54, 1.807) is 6.92 Å². The van der Waals surface area contributed by atoms with Gasteiger partial charge >= 0.3 is 12.1 Å². The molecule has 2 heterocycles. The largest absolute Gasteiger partial charge is 0.488 e. The van der Waals surface area contributed by atoms with Gasteiger partial charge in [-0.25, -0.2) is 9.59 Å². The first-order valence-electron chi connectivity index (χ1n) is 15.5. The van der Waals surface area contributed by atoms with Crippen LogP contribution in [0.4, 0.5) is 4.79 Å². The fourth-order valence-electron chi connectivity index (χ4n) is 8.63. The zero-order chi connectivity index (χ0) is 29.7. The molecule has 4 bridgehead atoms. The summed E-state index contributed by atoms with van der Waals surface area (Å²) in [6.07, 6.45) is 6.64. The first-order valence-corrected chi connectivity index (χ1v) is 15.5. The number of fused-ring (bicyclic) bond motifs is 1. The zero-order valence-electron chi connectivity index (χ0n) is 24.4. The molecule has 5 fully saturated rings. The van der Waals surface area contributed by atoms with Gasteiger partial charge in [-0.2, -0.15) is 0 Å². The predicted molar refractivity (Wildman–Crippen MR) is 159 cm³/mol. The van der Waals surface area contributed by atoms with Crippen molar-refractivity contribution in [2.45, 2.75) is 75.7 Å². The second-order valence-corrected chi connectivity index (χ2v) is 13.4. The van der Waals surface area contributed by atoms with Gasteiger partial charge in [-0.3, -0.25) is 4.79 Å². The van der Waals surface area contributed by atoms with Crippen molar-refractivity contribution in [1.82, 2.24) is 15.2 Å². The lowest BCUT2D eigenvalue weighted by molar-refractivity contribution is -0.151. The van der Waals surface area contributed by atoms with Crippen molar-refractivity contribution in [1.29, 1.82) is 0 Å². The Kier molecular flexibility index (Phi) is 7.06. The summed E-state index contributed by atoms with van der Waals surface area (Å²) in [4.78, 5) is 45.1. The lowest BCUT2D eigenvalue weighted by atomic mass is 9.55. The lowest BCUT2D eigenvalue weighted by Crippen LogP contribution is -2.61. The summed E-state index contributed by atoms with van der Waals surface area (Å²) in [5.41, 5.74) is 0.317. The van der Waals surface area contributed by atoms with Gasteiger partial charge in [-0.05, 0) is 86.5 Å². The summed E-state index contributed by atoms with van der Waals surface area (Å²) >= 11 is 0. The molecule has 5 aliphatic rings. The average Bonchev–Trinajstić information content (AvgIpc) is 3.59. The van der Waals surface area contributed by atoms with Gasteiger partial charge in [0.1, 0.15) is 29.5 Å². The number of H-pyrrole nitrogens is 1. The number of carbonyl (C=O) groups excluding carboxylic acids is 2. The molecule has 4 aliphatic carbocycles. The van der Waals surface area contributed by atoms with Crippen molar-refractivity contribution in [3.63, 3.8) is 0 Å². The van der Waals surface area contributed by atoms with Crippen LogP contribution in [0.3, 0.4) is 0 Å². The molecule has 8 rings (SSSR count). The van der Waals surface area contributed by atoms with Gasteiger partial charge in [0.05, 0.1) is 6.54 Å². The Morgan fingerprint density at radius 1 is 0.953 bits per heavy atom. The minimum atomic E-state index is -1.46. The van der Waals surface area contributed by atoms with E-state index in [-0.39, 0.29) is 25.5 Å². The summed E-state index contributed by atoms with van der Waals surface area (Å²) in [6.45, 7) is 1.78. The third-order valence-electron chi connectivity index (χ3n) is 10.3. The van der Waals surface area contributed by atoms with E-state index in [2.05, 4.69) is 10.3 Å². The molecule has 1 aliphatic heterocycles. The molecular formula is C34H39N3O6. The molecule has 0 radical (unpaired) electrons. The minimum Gasteiger partial charge on any atom is -0.488 e. The SMILES string of the molecule is C[C@@](Cc1c[nH]c2ccccc12)(NC(=O)OC1C2CC3CC(C2)CC1C3)C(=O)N1C[C@@H](Oc2ccccc2)C[C@H]1C(=O)O. The van der Waals surface area contributed by atoms with Crippen LogP contribution in [0.1, 0.15) is 51.0 Å².